The van der Waals surface area contributed by atoms with Gasteiger partial charge >= 0.3 is 0 Å². The molecule has 0 bridgehead atoms. The maximum atomic E-state index is 12.5. The van der Waals surface area contributed by atoms with Crippen molar-refractivity contribution in [3.05, 3.63) is 23.8 Å². The fourth-order valence-corrected chi connectivity index (χ4v) is 2.95. The van der Waals surface area contributed by atoms with Gasteiger partial charge in [-0.15, -0.1) is 0 Å². The standard InChI is InChI=1S/C16H22N2O6/c1-21-12-3-2-9(6-13(12)22-5-4-17)16(20)18-10-7-23-15-11(19)8-24-14(10)15/h2-3,6,10-11,14-15,19H,4-5,7-8,17H2,1H3,(H,18,20)/t10-,11+,14+,15+/m0/s1. The highest BCUT2D eigenvalue weighted by atomic mass is 16.6. The maximum absolute atomic E-state index is 12.5. The van der Waals surface area contributed by atoms with Gasteiger partial charge in [-0.25, -0.2) is 0 Å². The van der Waals surface area contributed by atoms with E-state index in [1.54, 1.807) is 18.2 Å². The highest BCUT2D eigenvalue weighted by molar-refractivity contribution is 5.95. The van der Waals surface area contributed by atoms with E-state index in [0.717, 1.165) is 0 Å². The lowest BCUT2D eigenvalue weighted by molar-refractivity contribution is 0.0178. The Morgan fingerprint density at radius 3 is 2.88 bits per heavy atom. The Morgan fingerprint density at radius 2 is 2.12 bits per heavy atom. The molecule has 3 rings (SSSR count). The molecule has 24 heavy (non-hydrogen) atoms. The molecule has 1 amide bonds. The van der Waals surface area contributed by atoms with Crippen molar-refractivity contribution in [1.29, 1.82) is 0 Å². The summed E-state index contributed by atoms with van der Waals surface area (Å²) in [6.07, 6.45) is -1.35. The average molecular weight is 338 g/mol. The number of carbonyl (C=O) groups excluding carboxylic acids is 1. The van der Waals surface area contributed by atoms with Crippen molar-refractivity contribution in [2.45, 2.75) is 24.4 Å². The van der Waals surface area contributed by atoms with Crippen LogP contribution < -0.4 is 20.5 Å². The van der Waals surface area contributed by atoms with Gasteiger partial charge in [0.15, 0.2) is 11.5 Å². The first kappa shape index (κ1) is 17.0. The molecule has 0 spiro atoms. The van der Waals surface area contributed by atoms with Crippen LogP contribution in [0.3, 0.4) is 0 Å². The van der Waals surface area contributed by atoms with E-state index in [1.807, 2.05) is 0 Å². The summed E-state index contributed by atoms with van der Waals surface area (Å²) in [5, 5.41) is 12.6. The normalized spacial score (nSPS) is 28.5. The number of amides is 1. The van der Waals surface area contributed by atoms with Crippen molar-refractivity contribution in [3.8, 4) is 11.5 Å². The van der Waals surface area contributed by atoms with Crippen molar-refractivity contribution in [1.82, 2.24) is 5.32 Å². The number of hydrogen-bond donors (Lipinski definition) is 3. The quantitative estimate of drug-likeness (QED) is 0.628. The molecule has 4 atom stereocenters. The Hall–Kier alpha value is -1.87. The lowest BCUT2D eigenvalue weighted by Gasteiger charge is -2.18. The molecule has 2 aliphatic heterocycles. The number of methoxy groups -OCH3 is 1. The molecule has 0 radical (unpaired) electrons. The second-order valence-electron chi connectivity index (χ2n) is 5.75. The van der Waals surface area contributed by atoms with Gasteiger partial charge in [-0.05, 0) is 18.2 Å². The minimum absolute atomic E-state index is 0.224. The molecule has 0 unspecified atom stereocenters. The average Bonchev–Trinajstić information content (AvgIpc) is 3.16. The van der Waals surface area contributed by atoms with Crippen LogP contribution in [0.4, 0.5) is 0 Å². The van der Waals surface area contributed by atoms with Crippen LogP contribution in [0.1, 0.15) is 10.4 Å². The SMILES string of the molecule is COc1ccc(C(=O)N[C@H]2CO[C@H]3[C@@H]2OC[C@H]3O)cc1OCCN. The molecular weight excluding hydrogens is 316 g/mol. The van der Waals surface area contributed by atoms with Crippen LogP contribution >= 0.6 is 0 Å². The lowest BCUT2D eigenvalue weighted by Crippen LogP contribution is -2.44. The first-order valence-electron chi connectivity index (χ1n) is 7.87. The number of nitrogens with two attached hydrogens (primary N) is 1. The molecule has 0 saturated carbocycles. The predicted octanol–water partition coefficient (Wildman–Crippen LogP) is -0.710. The third kappa shape index (κ3) is 3.32. The molecule has 2 aliphatic rings. The van der Waals surface area contributed by atoms with Crippen LogP contribution in [0.15, 0.2) is 18.2 Å². The Labute approximate surface area is 139 Å². The number of aliphatic hydroxyl groups is 1. The van der Waals surface area contributed by atoms with Crippen LogP contribution in [0.2, 0.25) is 0 Å². The molecule has 132 valence electrons. The number of fused-ring (bicyclic) bond motifs is 1. The Bertz CT molecular complexity index is 596. The summed E-state index contributed by atoms with van der Waals surface area (Å²) in [4.78, 5) is 12.5. The van der Waals surface area contributed by atoms with E-state index in [0.29, 0.717) is 36.8 Å². The minimum Gasteiger partial charge on any atom is -0.493 e. The van der Waals surface area contributed by atoms with E-state index in [1.165, 1.54) is 7.11 Å². The number of aliphatic hydroxyl groups excluding tert-OH is 1. The minimum atomic E-state index is -0.644. The number of benzene rings is 1. The van der Waals surface area contributed by atoms with E-state index in [4.69, 9.17) is 24.7 Å². The van der Waals surface area contributed by atoms with Gasteiger partial charge in [0.05, 0.1) is 26.4 Å². The van der Waals surface area contributed by atoms with E-state index in [9.17, 15) is 9.90 Å². The van der Waals surface area contributed by atoms with E-state index < -0.39 is 6.10 Å². The fraction of sp³-hybridized carbons (Fsp3) is 0.562. The highest BCUT2D eigenvalue weighted by Crippen LogP contribution is 2.29. The summed E-state index contributed by atoms with van der Waals surface area (Å²) < 4.78 is 21.7. The smallest absolute Gasteiger partial charge is 0.251 e. The molecule has 0 aliphatic carbocycles. The molecule has 2 heterocycles. The topological polar surface area (TPSA) is 112 Å². The van der Waals surface area contributed by atoms with Gasteiger partial charge < -0.3 is 35.1 Å². The third-order valence-electron chi connectivity index (χ3n) is 4.14. The van der Waals surface area contributed by atoms with Gasteiger partial charge in [-0.2, -0.15) is 0 Å². The fourth-order valence-electron chi connectivity index (χ4n) is 2.95. The Balaban J connectivity index is 1.68. The molecule has 8 heteroatoms. The molecular formula is C16H22N2O6. The van der Waals surface area contributed by atoms with Gasteiger partial charge in [-0.1, -0.05) is 0 Å². The maximum Gasteiger partial charge on any atom is 0.251 e. The zero-order valence-corrected chi connectivity index (χ0v) is 13.4. The summed E-state index contributed by atoms with van der Waals surface area (Å²) in [6, 6.07) is 4.64. The number of nitrogens with one attached hydrogen (secondary N) is 1. The van der Waals surface area contributed by atoms with Crippen molar-refractivity contribution < 1.29 is 28.8 Å². The van der Waals surface area contributed by atoms with Gasteiger partial charge in [0.2, 0.25) is 0 Å². The second kappa shape index (κ2) is 7.35. The van der Waals surface area contributed by atoms with Crippen LogP contribution in [0.5, 0.6) is 11.5 Å². The molecule has 1 aromatic rings. The first-order chi connectivity index (χ1) is 11.6. The van der Waals surface area contributed by atoms with Gasteiger partial charge in [0.1, 0.15) is 24.9 Å². The molecule has 2 fully saturated rings. The molecule has 8 nitrogen and oxygen atoms in total. The molecule has 0 aromatic heterocycles. The van der Waals surface area contributed by atoms with Crippen molar-refractivity contribution >= 4 is 5.91 Å². The van der Waals surface area contributed by atoms with Gasteiger partial charge in [-0.3, -0.25) is 4.79 Å². The van der Waals surface area contributed by atoms with Crippen LogP contribution in [0, 0.1) is 0 Å². The van der Waals surface area contributed by atoms with Crippen LogP contribution in [-0.4, -0.2) is 68.8 Å². The van der Waals surface area contributed by atoms with Gasteiger partial charge in [0.25, 0.3) is 5.91 Å². The predicted molar refractivity (Wildman–Crippen MR) is 84.3 cm³/mol. The summed E-state index contributed by atoms with van der Waals surface area (Å²) >= 11 is 0. The monoisotopic (exact) mass is 338 g/mol. The summed E-state index contributed by atoms with van der Waals surface area (Å²) in [6.45, 7) is 1.22. The molecule has 2 saturated heterocycles. The largest absolute Gasteiger partial charge is 0.493 e. The zero-order chi connectivity index (χ0) is 17.1. The summed E-state index contributed by atoms with van der Waals surface area (Å²) in [7, 11) is 1.53. The second-order valence-corrected chi connectivity index (χ2v) is 5.75. The van der Waals surface area contributed by atoms with E-state index in [-0.39, 0.29) is 30.8 Å². The van der Waals surface area contributed by atoms with Crippen molar-refractivity contribution in [2.24, 2.45) is 5.73 Å². The number of rotatable bonds is 6. The lowest BCUT2D eigenvalue weighted by atomic mass is 10.1. The summed E-state index contributed by atoms with van der Waals surface area (Å²) in [5.41, 5.74) is 5.88. The summed E-state index contributed by atoms with van der Waals surface area (Å²) in [5.74, 6) is 0.727. The highest BCUT2D eigenvalue weighted by Gasteiger charge is 2.47. The first-order valence-corrected chi connectivity index (χ1v) is 7.87. The molecule has 1 aromatic carbocycles. The van der Waals surface area contributed by atoms with Gasteiger partial charge in [0, 0.05) is 12.1 Å². The Morgan fingerprint density at radius 1 is 1.33 bits per heavy atom. The van der Waals surface area contributed by atoms with Crippen LogP contribution in [0.25, 0.3) is 0 Å². The number of carbonyl (C=O) groups is 1. The van der Waals surface area contributed by atoms with Crippen LogP contribution in [-0.2, 0) is 9.47 Å². The zero-order valence-electron chi connectivity index (χ0n) is 13.4. The van der Waals surface area contributed by atoms with E-state index in [2.05, 4.69) is 5.32 Å². The van der Waals surface area contributed by atoms with E-state index >= 15 is 0 Å². The van der Waals surface area contributed by atoms with Crippen molar-refractivity contribution in [2.75, 3.05) is 33.5 Å². The third-order valence-corrected chi connectivity index (χ3v) is 4.14. The van der Waals surface area contributed by atoms with Crippen molar-refractivity contribution in [3.63, 3.8) is 0 Å². The number of ether oxygens (including phenoxy) is 4. The Kier molecular flexibility index (Phi) is 5.20. The number of hydrogen-bond acceptors (Lipinski definition) is 7. The molecule has 4 N–H and O–H groups in total.